The van der Waals surface area contributed by atoms with E-state index >= 15 is 0 Å². The van der Waals surface area contributed by atoms with Crippen molar-refractivity contribution < 1.29 is 33.7 Å². The number of ether oxygens (including phenoxy) is 1. The van der Waals surface area contributed by atoms with Crippen LogP contribution in [0.4, 0.5) is 9.18 Å². The van der Waals surface area contributed by atoms with Gasteiger partial charge in [-0.2, -0.15) is 0 Å². The minimum absolute atomic E-state index is 0.0142. The summed E-state index contributed by atoms with van der Waals surface area (Å²) < 4.78 is 20.8. The van der Waals surface area contributed by atoms with E-state index in [0.29, 0.717) is 37.2 Å². The summed E-state index contributed by atoms with van der Waals surface area (Å²) in [5.74, 6) is -2.74. The van der Waals surface area contributed by atoms with Gasteiger partial charge in [-0.1, -0.05) is 13.8 Å². The standard InChI is InChI=1S/C24H33FN4O6/c1-15(2)12-29(18-10-16(23(31)32)13-27(14-18)24(33)34)22(30)21-26-19-11-17(25)6-7-20(19)28(21)8-4-5-9-35-3/h6-7,11,15-16,18H,4-5,8-10,12-14H2,1-3H3,(H,31,32)(H,33,34)/t16-,18+/m1/s1. The van der Waals surface area contributed by atoms with Crippen LogP contribution in [0.1, 0.15) is 43.7 Å². The van der Waals surface area contributed by atoms with Crippen molar-refractivity contribution in [2.75, 3.05) is 33.4 Å². The third kappa shape index (κ3) is 6.27. The van der Waals surface area contributed by atoms with Crippen molar-refractivity contribution in [3.63, 3.8) is 0 Å². The fraction of sp³-hybridized carbons (Fsp3) is 0.583. The number of unbranched alkanes of at least 4 members (excludes halogenated alkanes) is 1. The number of imidazole rings is 1. The zero-order chi connectivity index (χ0) is 25.7. The first-order valence-electron chi connectivity index (χ1n) is 11.8. The van der Waals surface area contributed by atoms with Crippen LogP contribution in [0.15, 0.2) is 18.2 Å². The van der Waals surface area contributed by atoms with E-state index in [0.717, 1.165) is 11.3 Å². The van der Waals surface area contributed by atoms with Crippen LogP contribution in [0, 0.1) is 17.7 Å². The Morgan fingerprint density at radius 2 is 1.97 bits per heavy atom. The summed E-state index contributed by atoms with van der Waals surface area (Å²) in [6.45, 7) is 5.07. The van der Waals surface area contributed by atoms with Gasteiger partial charge in [-0.15, -0.1) is 0 Å². The van der Waals surface area contributed by atoms with E-state index in [1.165, 1.54) is 12.1 Å². The second-order valence-corrected chi connectivity index (χ2v) is 9.38. The second kappa shape index (κ2) is 11.5. The number of halogens is 1. The molecule has 192 valence electrons. The number of rotatable bonds is 10. The highest BCUT2D eigenvalue weighted by molar-refractivity contribution is 5.95. The number of carboxylic acids is 1. The van der Waals surface area contributed by atoms with Gasteiger partial charge in [0.2, 0.25) is 0 Å². The number of methoxy groups -OCH3 is 1. The molecule has 1 saturated heterocycles. The van der Waals surface area contributed by atoms with Crippen LogP contribution in [0.3, 0.4) is 0 Å². The molecule has 11 heteroatoms. The van der Waals surface area contributed by atoms with E-state index in [-0.39, 0.29) is 31.3 Å². The van der Waals surface area contributed by atoms with Gasteiger partial charge in [0.1, 0.15) is 5.82 Å². The molecule has 0 bridgehead atoms. The fourth-order valence-corrected chi connectivity index (χ4v) is 4.56. The van der Waals surface area contributed by atoms with Gasteiger partial charge in [0.15, 0.2) is 5.82 Å². The van der Waals surface area contributed by atoms with Crippen LogP contribution in [0.5, 0.6) is 0 Å². The van der Waals surface area contributed by atoms with Crippen molar-refractivity contribution in [2.24, 2.45) is 11.8 Å². The lowest BCUT2D eigenvalue weighted by Crippen LogP contribution is -2.56. The molecule has 0 aliphatic carbocycles. The van der Waals surface area contributed by atoms with E-state index in [1.54, 1.807) is 22.6 Å². The van der Waals surface area contributed by atoms with Crippen molar-refractivity contribution in [3.05, 3.63) is 29.8 Å². The molecule has 2 atom stereocenters. The number of carboxylic acid groups (broad SMARTS) is 2. The highest BCUT2D eigenvalue weighted by Crippen LogP contribution is 2.26. The third-order valence-corrected chi connectivity index (χ3v) is 6.19. The van der Waals surface area contributed by atoms with Gasteiger partial charge in [0.25, 0.3) is 5.91 Å². The van der Waals surface area contributed by atoms with Gasteiger partial charge >= 0.3 is 12.1 Å². The van der Waals surface area contributed by atoms with Crippen LogP contribution in [-0.4, -0.2) is 86.9 Å². The third-order valence-electron chi connectivity index (χ3n) is 6.19. The number of aliphatic carboxylic acids is 1. The van der Waals surface area contributed by atoms with Gasteiger partial charge in [0, 0.05) is 46.0 Å². The Labute approximate surface area is 203 Å². The van der Waals surface area contributed by atoms with Crippen molar-refractivity contribution >= 4 is 29.0 Å². The summed E-state index contributed by atoms with van der Waals surface area (Å²) in [6, 6.07) is 3.55. The Morgan fingerprint density at radius 3 is 2.60 bits per heavy atom. The molecule has 2 aromatic rings. The highest BCUT2D eigenvalue weighted by atomic mass is 19.1. The summed E-state index contributed by atoms with van der Waals surface area (Å²) >= 11 is 0. The minimum atomic E-state index is -1.22. The number of fused-ring (bicyclic) bond motifs is 1. The van der Waals surface area contributed by atoms with Crippen LogP contribution in [-0.2, 0) is 16.1 Å². The number of carbonyl (C=O) groups excluding carboxylic acids is 1. The van der Waals surface area contributed by atoms with Gasteiger partial charge in [-0.25, -0.2) is 14.2 Å². The maximum atomic E-state index is 13.9. The number of likely N-dealkylation sites (tertiary alicyclic amines) is 1. The number of piperidine rings is 1. The topological polar surface area (TPSA) is 125 Å². The largest absolute Gasteiger partial charge is 0.481 e. The van der Waals surface area contributed by atoms with Crippen molar-refractivity contribution in [3.8, 4) is 0 Å². The van der Waals surface area contributed by atoms with Gasteiger partial charge in [-0.05, 0) is 37.3 Å². The quantitative estimate of drug-likeness (QED) is 0.488. The second-order valence-electron chi connectivity index (χ2n) is 9.38. The number of hydrogen-bond donors (Lipinski definition) is 2. The molecule has 2 amide bonds. The Morgan fingerprint density at radius 1 is 1.23 bits per heavy atom. The molecule has 1 aromatic carbocycles. The van der Waals surface area contributed by atoms with Gasteiger partial charge in [-0.3, -0.25) is 9.59 Å². The van der Waals surface area contributed by atoms with Crippen molar-refractivity contribution in [1.82, 2.24) is 19.4 Å². The first kappa shape index (κ1) is 26.4. The van der Waals surface area contributed by atoms with E-state index < -0.39 is 35.7 Å². The Bertz CT molecular complexity index is 1050. The summed E-state index contributed by atoms with van der Waals surface area (Å²) in [5.41, 5.74) is 0.972. The molecule has 0 radical (unpaired) electrons. The number of carbonyl (C=O) groups is 3. The van der Waals surface area contributed by atoms with E-state index in [2.05, 4.69) is 4.98 Å². The van der Waals surface area contributed by atoms with Crippen LogP contribution in [0.2, 0.25) is 0 Å². The average molecular weight is 493 g/mol. The molecule has 0 unspecified atom stereocenters. The molecule has 0 saturated carbocycles. The van der Waals surface area contributed by atoms with Crippen LogP contribution in [0.25, 0.3) is 11.0 Å². The van der Waals surface area contributed by atoms with E-state index in [1.807, 2.05) is 13.8 Å². The van der Waals surface area contributed by atoms with Crippen molar-refractivity contribution in [1.29, 1.82) is 0 Å². The number of aryl methyl sites for hydroxylation is 1. The summed E-state index contributed by atoms with van der Waals surface area (Å²) in [4.78, 5) is 44.4. The normalized spacial score (nSPS) is 18.3. The maximum absolute atomic E-state index is 13.9. The smallest absolute Gasteiger partial charge is 0.407 e. The minimum Gasteiger partial charge on any atom is -0.481 e. The molecule has 2 heterocycles. The molecular weight excluding hydrogens is 459 g/mol. The average Bonchev–Trinajstić information content (AvgIpc) is 3.16. The van der Waals surface area contributed by atoms with Crippen LogP contribution < -0.4 is 0 Å². The highest BCUT2D eigenvalue weighted by Gasteiger charge is 2.39. The lowest BCUT2D eigenvalue weighted by Gasteiger charge is -2.41. The number of nitrogens with zero attached hydrogens (tertiary/aromatic N) is 4. The SMILES string of the molecule is COCCCCn1c(C(=O)N(CC(C)C)[C@H]2C[C@@H](C(=O)O)CN(C(=O)O)C2)nc2cc(F)ccc21. The van der Waals surface area contributed by atoms with Crippen molar-refractivity contribution in [2.45, 2.75) is 45.7 Å². The lowest BCUT2D eigenvalue weighted by molar-refractivity contribution is -0.144. The number of amides is 2. The molecule has 1 aliphatic rings. The number of hydrogen-bond acceptors (Lipinski definition) is 5. The summed E-state index contributed by atoms with van der Waals surface area (Å²) in [6.07, 6.45) is 0.384. The summed E-state index contributed by atoms with van der Waals surface area (Å²) in [5, 5.41) is 19.1. The molecule has 1 fully saturated rings. The van der Waals surface area contributed by atoms with Gasteiger partial charge in [0.05, 0.1) is 23.0 Å². The predicted octanol–water partition coefficient (Wildman–Crippen LogP) is 3.15. The summed E-state index contributed by atoms with van der Waals surface area (Å²) in [7, 11) is 1.61. The number of aromatic nitrogens is 2. The Kier molecular flexibility index (Phi) is 8.66. The molecule has 10 nitrogen and oxygen atoms in total. The molecular formula is C24H33FN4O6. The van der Waals surface area contributed by atoms with Gasteiger partial charge < -0.3 is 29.3 Å². The van der Waals surface area contributed by atoms with Crippen LogP contribution >= 0.6 is 0 Å². The Hall–Kier alpha value is -3.21. The predicted molar refractivity (Wildman–Crippen MR) is 126 cm³/mol. The molecule has 35 heavy (non-hydrogen) atoms. The molecule has 3 rings (SSSR count). The lowest BCUT2D eigenvalue weighted by atomic mass is 9.92. The molecule has 0 spiro atoms. The first-order chi connectivity index (χ1) is 16.6. The fourth-order valence-electron chi connectivity index (χ4n) is 4.56. The molecule has 1 aromatic heterocycles. The van der Waals surface area contributed by atoms with E-state index in [4.69, 9.17) is 4.74 Å². The zero-order valence-corrected chi connectivity index (χ0v) is 20.3. The maximum Gasteiger partial charge on any atom is 0.407 e. The van der Waals surface area contributed by atoms with E-state index in [9.17, 15) is 29.0 Å². The first-order valence-corrected chi connectivity index (χ1v) is 11.8. The Balaban J connectivity index is 2.00. The molecule has 1 aliphatic heterocycles. The monoisotopic (exact) mass is 492 g/mol. The zero-order valence-electron chi connectivity index (χ0n) is 20.3. The molecule has 2 N–H and O–H groups in total. The number of benzene rings is 1.